The molecule has 0 bridgehead atoms. The summed E-state index contributed by atoms with van der Waals surface area (Å²) >= 11 is 0. The number of hydrogen-bond acceptors (Lipinski definition) is 5. The molecule has 33 heavy (non-hydrogen) atoms. The number of nitrogens with one attached hydrogen (secondary N) is 1. The number of piperidine rings is 1. The van der Waals surface area contributed by atoms with Crippen LogP contribution < -0.4 is 10.3 Å². The highest BCUT2D eigenvalue weighted by molar-refractivity contribution is 5.76. The fraction of sp³-hybridized carbons (Fsp3) is 0.480. The first-order chi connectivity index (χ1) is 16.1. The number of carbonyl (C=O) groups is 1. The predicted molar refractivity (Wildman–Crippen MR) is 125 cm³/mol. The van der Waals surface area contributed by atoms with Gasteiger partial charge in [-0.3, -0.25) is 19.6 Å². The topological polar surface area (TPSA) is 82.9 Å². The lowest BCUT2D eigenvalue weighted by atomic mass is 9.98. The van der Waals surface area contributed by atoms with Gasteiger partial charge >= 0.3 is 0 Å². The number of rotatable bonds is 5. The molecule has 1 N–H and O–H groups in total. The number of aromatic nitrogens is 3. The van der Waals surface area contributed by atoms with Gasteiger partial charge in [-0.15, -0.1) is 0 Å². The summed E-state index contributed by atoms with van der Waals surface area (Å²) < 4.78 is 6.85. The molecule has 1 fully saturated rings. The van der Waals surface area contributed by atoms with Crippen molar-refractivity contribution in [2.75, 3.05) is 20.2 Å². The molecule has 0 spiro atoms. The molecule has 1 amide bonds. The van der Waals surface area contributed by atoms with Gasteiger partial charge in [-0.05, 0) is 37.1 Å². The normalized spacial score (nSPS) is 19.0. The van der Waals surface area contributed by atoms with Crippen LogP contribution in [-0.2, 0) is 24.3 Å². The molecule has 0 unspecified atom stereocenters. The molecule has 0 saturated carbocycles. The minimum absolute atomic E-state index is 0.0775. The number of nitrogens with zero attached hydrogens (tertiary/aromatic N) is 4. The molecule has 0 radical (unpaired) electrons. The van der Waals surface area contributed by atoms with Gasteiger partial charge in [-0.25, -0.2) is 9.50 Å². The van der Waals surface area contributed by atoms with Gasteiger partial charge in [0.2, 0.25) is 5.91 Å². The number of likely N-dealkylation sites (tertiary alicyclic amines) is 1. The van der Waals surface area contributed by atoms with Crippen molar-refractivity contribution in [3.8, 4) is 5.75 Å². The van der Waals surface area contributed by atoms with Crippen LogP contribution in [0, 0.1) is 0 Å². The minimum Gasteiger partial charge on any atom is -0.497 e. The average Bonchev–Trinajstić information content (AvgIpc) is 3.28. The number of H-pyrrole nitrogens is 1. The van der Waals surface area contributed by atoms with E-state index in [1.165, 1.54) is 12.0 Å². The Bertz CT molecular complexity index is 1210. The summed E-state index contributed by atoms with van der Waals surface area (Å²) in [5.74, 6) is 0.937. The van der Waals surface area contributed by atoms with Crippen LogP contribution >= 0.6 is 0 Å². The lowest BCUT2D eigenvalue weighted by Gasteiger charge is -2.35. The minimum atomic E-state index is -0.0904. The maximum atomic E-state index is 13.3. The van der Waals surface area contributed by atoms with Gasteiger partial charge in [-0.1, -0.05) is 25.5 Å². The zero-order chi connectivity index (χ0) is 22.9. The third-order valence-corrected chi connectivity index (χ3v) is 6.95. The Morgan fingerprint density at radius 3 is 2.79 bits per heavy atom. The van der Waals surface area contributed by atoms with Crippen molar-refractivity contribution in [2.45, 2.75) is 58.2 Å². The van der Waals surface area contributed by atoms with Crippen molar-refractivity contribution in [2.24, 2.45) is 0 Å². The fourth-order valence-electron chi connectivity index (χ4n) is 5.11. The van der Waals surface area contributed by atoms with Crippen molar-refractivity contribution in [1.29, 1.82) is 0 Å². The van der Waals surface area contributed by atoms with E-state index in [1.807, 2.05) is 25.1 Å². The Morgan fingerprint density at radius 1 is 1.21 bits per heavy atom. The van der Waals surface area contributed by atoms with E-state index >= 15 is 0 Å². The number of benzene rings is 1. The molecule has 2 aliphatic rings. The van der Waals surface area contributed by atoms with E-state index in [0.717, 1.165) is 43.1 Å². The Kier molecular flexibility index (Phi) is 5.93. The number of fused-ring (bicyclic) bond motifs is 2. The summed E-state index contributed by atoms with van der Waals surface area (Å²) in [6, 6.07) is 10.5. The maximum absolute atomic E-state index is 13.3. The van der Waals surface area contributed by atoms with E-state index < -0.39 is 0 Å². The van der Waals surface area contributed by atoms with E-state index in [9.17, 15) is 9.59 Å². The van der Waals surface area contributed by atoms with Crippen LogP contribution in [0.25, 0.3) is 5.65 Å². The van der Waals surface area contributed by atoms with Gasteiger partial charge in [0.1, 0.15) is 5.75 Å². The largest absolute Gasteiger partial charge is 0.497 e. The van der Waals surface area contributed by atoms with Crippen LogP contribution in [-0.4, -0.2) is 50.5 Å². The monoisotopic (exact) mass is 449 g/mol. The highest BCUT2D eigenvalue weighted by Gasteiger charge is 2.28. The van der Waals surface area contributed by atoms with Crippen molar-refractivity contribution in [1.82, 2.24) is 24.4 Å². The molecule has 5 rings (SSSR count). The summed E-state index contributed by atoms with van der Waals surface area (Å²) in [6.07, 6.45) is 4.44. The first-order valence-corrected chi connectivity index (χ1v) is 11.9. The second-order valence-electron chi connectivity index (χ2n) is 9.00. The number of ether oxygens (including phenoxy) is 1. The molecule has 174 valence electrons. The van der Waals surface area contributed by atoms with Gasteiger partial charge in [0.15, 0.2) is 5.65 Å². The Labute approximate surface area is 193 Å². The molecule has 1 aromatic carbocycles. The number of aromatic amines is 1. The van der Waals surface area contributed by atoms with E-state index in [1.54, 1.807) is 16.5 Å². The average molecular weight is 450 g/mol. The Hall–Kier alpha value is -3.13. The molecule has 8 nitrogen and oxygen atoms in total. The molecule has 1 atom stereocenters. The molecule has 3 aromatic rings. The van der Waals surface area contributed by atoms with Crippen LogP contribution in [0.2, 0.25) is 0 Å². The van der Waals surface area contributed by atoms with Crippen LogP contribution in [0.15, 0.2) is 35.1 Å². The summed E-state index contributed by atoms with van der Waals surface area (Å²) in [5, 5.41) is 3.35. The predicted octanol–water partition coefficient (Wildman–Crippen LogP) is 3.05. The van der Waals surface area contributed by atoms with Crippen molar-refractivity contribution < 1.29 is 9.53 Å². The number of carbonyl (C=O) groups excluding carboxylic acids is 1. The van der Waals surface area contributed by atoms with E-state index in [4.69, 9.17) is 9.72 Å². The standard InChI is InChI=1S/C25H31N5O3/c1-3-24(31)29-13-11-20-19(16-29)25(32)30-23(26-20)14-21(27-30)22-6-4-5-12-28(22)15-17-7-9-18(33-2)10-8-17/h7-10,14,22,27H,3-6,11-13,15-16H2,1-2H3/t22-/m0/s1. The van der Waals surface area contributed by atoms with Gasteiger partial charge in [0.25, 0.3) is 5.56 Å². The summed E-state index contributed by atoms with van der Waals surface area (Å²) in [7, 11) is 1.68. The molecular weight excluding hydrogens is 418 g/mol. The van der Waals surface area contributed by atoms with Crippen molar-refractivity contribution in [3.63, 3.8) is 0 Å². The van der Waals surface area contributed by atoms with Crippen LogP contribution in [0.5, 0.6) is 5.75 Å². The van der Waals surface area contributed by atoms with Gasteiger partial charge in [-0.2, -0.15) is 0 Å². The number of amides is 1. The second kappa shape index (κ2) is 9.02. The molecule has 2 aromatic heterocycles. The third-order valence-electron chi connectivity index (χ3n) is 6.95. The highest BCUT2D eigenvalue weighted by Crippen LogP contribution is 2.32. The lowest BCUT2D eigenvalue weighted by molar-refractivity contribution is -0.131. The number of methoxy groups -OCH3 is 1. The Balaban J connectivity index is 1.44. The zero-order valence-corrected chi connectivity index (χ0v) is 19.3. The van der Waals surface area contributed by atoms with Gasteiger partial charge in [0.05, 0.1) is 36.6 Å². The summed E-state index contributed by atoms with van der Waals surface area (Å²) in [5.41, 5.74) is 4.30. The summed E-state index contributed by atoms with van der Waals surface area (Å²) in [4.78, 5) is 34.5. The third kappa shape index (κ3) is 4.15. The molecule has 0 aliphatic carbocycles. The first kappa shape index (κ1) is 21.7. The second-order valence-corrected chi connectivity index (χ2v) is 9.00. The van der Waals surface area contributed by atoms with Crippen molar-refractivity contribution in [3.05, 3.63) is 63.2 Å². The maximum Gasteiger partial charge on any atom is 0.277 e. The quantitative estimate of drug-likeness (QED) is 0.647. The van der Waals surface area contributed by atoms with E-state index in [-0.39, 0.29) is 17.5 Å². The Morgan fingerprint density at radius 2 is 2.03 bits per heavy atom. The summed E-state index contributed by atoms with van der Waals surface area (Å²) in [6.45, 7) is 4.68. The van der Waals surface area contributed by atoms with Gasteiger partial charge < -0.3 is 9.64 Å². The van der Waals surface area contributed by atoms with Crippen LogP contribution in [0.3, 0.4) is 0 Å². The highest BCUT2D eigenvalue weighted by atomic mass is 16.5. The SMILES string of the molecule is CCC(=O)N1CCc2nc3cc([C@@H]4CCCCN4Cc4ccc(OC)cc4)[nH]n3c(=O)c2C1. The molecule has 1 saturated heterocycles. The molecular formula is C25H31N5O3. The molecule has 4 heterocycles. The van der Waals surface area contributed by atoms with Crippen LogP contribution in [0.4, 0.5) is 0 Å². The van der Waals surface area contributed by atoms with E-state index in [2.05, 4.69) is 22.1 Å². The fourth-order valence-corrected chi connectivity index (χ4v) is 5.11. The van der Waals surface area contributed by atoms with Gasteiger partial charge in [0, 0.05) is 32.0 Å². The van der Waals surface area contributed by atoms with Crippen LogP contribution in [0.1, 0.15) is 61.2 Å². The smallest absolute Gasteiger partial charge is 0.277 e. The molecule has 2 aliphatic heterocycles. The lowest BCUT2D eigenvalue weighted by Crippen LogP contribution is -2.40. The number of hydrogen-bond donors (Lipinski definition) is 1. The molecule has 8 heteroatoms. The van der Waals surface area contributed by atoms with Crippen molar-refractivity contribution >= 4 is 11.6 Å². The first-order valence-electron chi connectivity index (χ1n) is 11.9. The van der Waals surface area contributed by atoms with E-state index in [0.29, 0.717) is 37.1 Å². The zero-order valence-electron chi connectivity index (χ0n) is 19.3.